The number of hydrogen-bond donors (Lipinski definition) is 2. The van der Waals surface area contributed by atoms with E-state index in [1.807, 2.05) is 6.92 Å². The Morgan fingerprint density at radius 1 is 1.42 bits per heavy atom. The van der Waals surface area contributed by atoms with Crippen molar-refractivity contribution in [3.63, 3.8) is 0 Å². The van der Waals surface area contributed by atoms with Gasteiger partial charge < -0.3 is 20.5 Å². The van der Waals surface area contributed by atoms with Gasteiger partial charge in [0.25, 0.3) is 0 Å². The number of rotatable bonds is 4. The maximum Gasteiger partial charge on any atom is 0.241 e. The van der Waals surface area contributed by atoms with Crippen molar-refractivity contribution in [1.82, 2.24) is 0 Å². The molecule has 1 atom stereocenters. The molecule has 1 heterocycles. The third kappa shape index (κ3) is 3.39. The molecule has 0 saturated heterocycles. The average molecular weight is 329 g/mol. The second kappa shape index (κ2) is 6.25. The van der Waals surface area contributed by atoms with Crippen LogP contribution in [-0.2, 0) is 4.79 Å². The van der Waals surface area contributed by atoms with Crippen molar-refractivity contribution in [1.29, 1.82) is 0 Å². The quantitative estimate of drug-likeness (QED) is 0.889. The van der Waals surface area contributed by atoms with Gasteiger partial charge in [0, 0.05) is 16.6 Å². The molecule has 3 N–H and O–H groups in total. The predicted octanol–water partition coefficient (Wildman–Crippen LogP) is 2.29. The summed E-state index contributed by atoms with van der Waals surface area (Å²) in [5.41, 5.74) is 6.42. The van der Waals surface area contributed by atoms with Gasteiger partial charge >= 0.3 is 0 Å². The van der Waals surface area contributed by atoms with E-state index >= 15 is 0 Å². The lowest BCUT2D eigenvalue weighted by Crippen LogP contribution is -2.35. The van der Waals surface area contributed by atoms with Crippen LogP contribution in [0.25, 0.3) is 0 Å². The van der Waals surface area contributed by atoms with Crippen LogP contribution in [0.3, 0.4) is 0 Å². The fraction of sp³-hybridized carbons (Fsp3) is 0.462. The molecule has 6 heteroatoms. The third-order valence-corrected chi connectivity index (χ3v) is 3.48. The molecular weight excluding hydrogens is 312 g/mol. The minimum atomic E-state index is -0.495. The van der Waals surface area contributed by atoms with Crippen LogP contribution in [0, 0.1) is 0 Å². The standard InChI is InChI=1S/C13H17BrN2O3/c1-2-3-9(15)13(17)16-10-7-12-11(6-8(10)14)18-4-5-19-12/h6-7,9H,2-5,15H2,1H3,(H,16,17)/t9-/m1/s1. The monoisotopic (exact) mass is 328 g/mol. The highest BCUT2D eigenvalue weighted by atomic mass is 79.9. The lowest BCUT2D eigenvalue weighted by atomic mass is 10.1. The van der Waals surface area contributed by atoms with Gasteiger partial charge in [0.2, 0.25) is 5.91 Å². The molecule has 0 aromatic heterocycles. The molecule has 104 valence electrons. The van der Waals surface area contributed by atoms with Crippen molar-refractivity contribution >= 4 is 27.5 Å². The topological polar surface area (TPSA) is 73.6 Å². The normalized spacial score (nSPS) is 14.9. The van der Waals surface area contributed by atoms with E-state index in [1.54, 1.807) is 12.1 Å². The number of anilines is 1. The number of halogens is 1. The van der Waals surface area contributed by atoms with Crippen molar-refractivity contribution in [2.45, 2.75) is 25.8 Å². The lowest BCUT2D eigenvalue weighted by molar-refractivity contribution is -0.117. The number of ether oxygens (including phenoxy) is 2. The van der Waals surface area contributed by atoms with E-state index in [9.17, 15) is 4.79 Å². The van der Waals surface area contributed by atoms with E-state index in [1.165, 1.54) is 0 Å². The van der Waals surface area contributed by atoms with E-state index in [-0.39, 0.29) is 5.91 Å². The average Bonchev–Trinajstić information content (AvgIpc) is 2.39. The summed E-state index contributed by atoms with van der Waals surface area (Å²) < 4.78 is 11.7. The van der Waals surface area contributed by atoms with E-state index in [0.717, 1.165) is 10.9 Å². The minimum absolute atomic E-state index is 0.195. The molecule has 0 unspecified atom stereocenters. The lowest BCUT2D eigenvalue weighted by Gasteiger charge is -2.20. The summed E-state index contributed by atoms with van der Waals surface area (Å²) in [5.74, 6) is 1.11. The minimum Gasteiger partial charge on any atom is -0.486 e. The fourth-order valence-electron chi connectivity index (χ4n) is 1.83. The zero-order valence-corrected chi connectivity index (χ0v) is 12.3. The third-order valence-electron chi connectivity index (χ3n) is 2.83. The Hall–Kier alpha value is -1.27. The predicted molar refractivity (Wildman–Crippen MR) is 76.6 cm³/mol. The van der Waals surface area contributed by atoms with Gasteiger partial charge in [-0.1, -0.05) is 13.3 Å². The molecular formula is C13H17BrN2O3. The molecule has 0 spiro atoms. The first-order valence-electron chi connectivity index (χ1n) is 6.27. The van der Waals surface area contributed by atoms with Crippen LogP contribution in [0.1, 0.15) is 19.8 Å². The summed E-state index contributed by atoms with van der Waals surface area (Å²) in [7, 11) is 0. The molecule has 1 aliphatic rings. The Balaban J connectivity index is 2.14. The Bertz CT molecular complexity index is 479. The first kappa shape index (κ1) is 14.1. The molecule has 0 bridgehead atoms. The summed E-state index contributed by atoms with van der Waals surface area (Å²) in [4.78, 5) is 11.9. The summed E-state index contributed by atoms with van der Waals surface area (Å²) in [6.45, 7) is 3.04. The van der Waals surface area contributed by atoms with Gasteiger partial charge in [0.1, 0.15) is 13.2 Å². The second-order valence-corrected chi connectivity index (χ2v) is 5.21. The number of benzene rings is 1. The second-order valence-electron chi connectivity index (χ2n) is 4.36. The van der Waals surface area contributed by atoms with Crippen LogP contribution in [0.15, 0.2) is 16.6 Å². The van der Waals surface area contributed by atoms with Gasteiger partial charge in [-0.2, -0.15) is 0 Å². The van der Waals surface area contributed by atoms with Gasteiger partial charge in [-0.3, -0.25) is 4.79 Å². The molecule has 1 amide bonds. The van der Waals surface area contributed by atoms with E-state index < -0.39 is 6.04 Å². The van der Waals surface area contributed by atoms with Crippen LogP contribution in [0.5, 0.6) is 11.5 Å². The number of nitrogens with two attached hydrogens (primary N) is 1. The van der Waals surface area contributed by atoms with Crippen molar-refractivity contribution in [3.05, 3.63) is 16.6 Å². The van der Waals surface area contributed by atoms with Gasteiger partial charge in [-0.25, -0.2) is 0 Å². The van der Waals surface area contributed by atoms with Crippen molar-refractivity contribution in [2.75, 3.05) is 18.5 Å². The first-order valence-corrected chi connectivity index (χ1v) is 7.06. The summed E-state index contributed by atoms with van der Waals surface area (Å²) in [6, 6.07) is 3.04. The van der Waals surface area contributed by atoms with Crippen LogP contribution in [0.4, 0.5) is 5.69 Å². The van der Waals surface area contributed by atoms with Crippen LogP contribution in [0.2, 0.25) is 0 Å². The molecule has 1 aromatic carbocycles. The molecule has 0 saturated carbocycles. The van der Waals surface area contributed by atoms with Crippen LogP contribution >= 0.6 is 15.9 Å². The maximum absolute atomic E-state index is 11.9. The number of amides is 1. The van der Waals surface area contributed by atoms with Crippen molar-refractivity contribution in [2.24, 2.45) is 5.73 Å². The Morgan fingerprint density at radius 3 is 2.68 bits per heavy atom. The van der Waals surface area contributed by atoms with Crippen molar-refractivity contribution in [3.8, 4) is 11.5 Å². The van der Waals surface area contributed by atoms with E-state index in [0.29, 0.717) is 36.8 Å². The molecule has 5 nitrogen and oxygen atoms in total. The Labute approximate surface area is 120 Å². The number of nitrogens with one attached hydrogen (secondary N) is 1. The van der Waals surface area contributed by atoms with Gasteiger partial charge in [0.05, 0.1) is 11.7 Å². The summed E-state index contributed by atoms with van der Waals surface area (Å²) >= 11 is 3.40. The Kier molecular flexibility index (Phi) is 4.66. The highest BCUT2D eigenvalue weighted by molar-refractivity contribution is 9.10. The molecule has 2 rings (SSSR count). The highest BCUT2D eigenvalue weighted by Crippen LogP contribution is 2.38. The smallest absolute Gasteiger partial charge is 0.241 e. The van der Waals surface area contributed by atoms with E-state index in [2.05, 4.69) is 21.2 Å². The Morgan fingerprint density at radius 2 is 2.05 bits per heavy atom. The first-order chi connectivity index (χ1) is 9.11. The molecule has 19 heavy (non-hydrogen) atoms. The number of carbonyl (C=O) groups is 1. The SMILES string of the molecule is CCC[C@@H](N)C(=O)Nc1cc2c(cc1Br)OCCO2. The zero-order valence-electron chi connectivity index (χ0n) is 10.7. The molecule has 0 aliphatic carbocycles. The number of hydrogen-bond acceptors (Lipinski definition) is 4. The molecule has 0 radical (unpaired) electrons. The largest absolute Gasteiger partial charge is 0.486 e. The zero-order chi connectivity index (χ0) is 13.8. The van der Waals surface area contributed by atoms with Gasteiger partial charge in [-0.05, 0) is 22.4 Å². The van der Waals surface area contributed by atoms with E-state index in [4.69, 9.17) is 15.2 Å². The fourth-order valence-corrected chi connectivity index (χ4v) is 2.25. The van der Waals surface area contributed by atoms with Crippen molar-refractivity contribution < 1.29 is 14.3 Å². The number of fused-ring (bicyclic) bond motifs is 1. The summed E-state index contributed by atoms with van der Waals surface area (Å²) in [6.07, 6.45) is 1.53. The maximum atomic E-state index is 11.9. The van der Waals surface area contributed by atoms with Crippen LogP contribution < -0.4 is 20.5 Å². The van der Waals surface area contributed by atoms with Gasteiger partial charge in [-0.15, -0.1) is 0 Å². The highest BCUT2D eigenvalue weighted by Gasteiger charge is 2.18. The summed E-state index contributed by atoms with van der Waals surface area (Å²) in [5, 5.41) is 2.80. The van der Waals surface area contributed by atoms with Crippen LogP contribution in [-0.4, -0.2) is 25.2 Å². The molecule has 0 fully saturated rings. The number of carbonyl (C=O) groups excluding carboxylic acids is 1. The van der Waals surface area contributed by atoms with Gasteiger partial charge in [0.15, 0.2) is 11.5 Å². The molecule has 1 aromatic rings. The molecule has 1 aliphatic heterocycles.